The molecule has 0 unspecified atom stereocenters. The number of aromatic nitrogens is 2. The van der Waals surface area contributed by atoms with E-state index in [1.54, 1.807) is 17.8 Å². The Morgan fingerprint density at radius 2 is 2.29 bits per heavy atom. The first-order valence-electron chi connectivity index (χ1n) is 5.09. The van der Waals surface area contributed by atoms with Crippen molar-refractivity contribution in [2.45, 2.75) is 23.4 Å². The summed E-state index contributed by atoms with van der Waals surface area (Å²) in [5.41, 5.74) is 0.934. The number of hydrogen-bond acceptors (Lipinski definition) is 4. The molecule has 0 radical (unpaired) electrons. The monoisotopic (exact) mass is 332 g/mol. The van der Waals surface area contributed by atoms with Gasteiger partial charge in [0.15, 0.2) is 4.34 Å². The lowest BCUT2D eigenvalue weighted by Crippen LogP contribution is -1.87. The molecule has 0 N–H and O–H groups in total. The predicted molar refractivity (Wildman–Crippen MR) is 72.9 cm³/mol. The molecule has 2 rings (SSSR count). The van der Waals surface area contributed by atoms with Gasteiger partial charge < -0.3 is 0 Å². The lowest BCUT2D eigenvalue weighted by atomic mass is 10.2. The summed E-state index contributed by atoms with van der Waals surface area (Å²) in [6.45, 7) is 2.03. The van der Waals surface area contributed by atoms with Crippen LogP contribution in [0.25, 0.3) is 0 Å². The van der Waals surface area contributed by atoms with Crippen LogP contribution in [0, 0.1) is 5.82 Å². The maximum Gasteiger partial charge on any atom is 0.170 e. The van der Waals surface area contributed by atoms with Gasteiger partial charge in [-0.3, -0.25) is 0 Å². The van der Waals surface area contributed by atoms with E-state index in [2.05, 4.69) is 25.3 Å². The number of nitrogens with zero attached hydrogens (tertiary/aromatic N) is 2. The van der Waals surface area contributed by atoms with Crippen LogP contribution in [0.5, 0.6) is 0 Å². The third kappa shape index (κ3) is 3.26. The molecule has 2 aromatic rings. The van der Waals surface area contributed by atoms with E-state index in [-0.39, 0.29) is 5.82 Å². The Morgan fingerprint density at radius 1 is 1.47 bits per heavy atom. The minimum atomic E-state index is -0.227. The summed E-state index contributed by atoms with van der Waals surface area (Å²) in [4.78, 5) is 4.36. The minimum Gasteiger partial charge on any atom is -0.213 e. The van der Waals surface area contributed by atoms with Gasteiger partial charge in [-0.2, -0.15) is 4.37 Å². The third-order valence-electron chi connectivity index (χ3n) is 2.15. The molecule has 0 amide bonds. The number of halogens is 2. The zero-order valence-corrected chi connectivity index (χ0v) is 12.3. The van der Waals surface area contributed by atoms with E-state index in [9.17, 15) is 4.39 Å². The van der Waals surface area contributed by atoms with Crippen molar-refractivity contribution in [1.82, 2.24) is 9.36 Å². The van der Waals surface area contributed by atoms with Gasteiger partial charge >= 0.3 is 0 Å². The Kier molecular flexibility index (Phi) is 4.53. The SMILES string of the molecule is CCc1nsc(SCc2cccc(F)c2Br)n1. The van der Waals surface area contributed by atoms with Crippen LogP contribution >= 0.6 is 39.2 Å². The average molecular weight is 333 g/mol. The zero-order chi connectivity index (χ0) is 12.3. The third-order valence-corrected chi connectivity index (χ3v) is 4.96. The topological polar surface area (TPSA) is 25.8 Å². The van der Waals surface area contributed by atoms with Crippen LogP contribution in [0.2, 0.25) is 0 Å². The molecule has 90 valence electrons. The summed E-state index contributed by atoms with van der Waals surface area (Å²) >= 11 is 6.23. The van der Waals surface area contributed by atoms with Crippen molar-refractivity contribution in [2.75, 3.05) is 0 Å². The highest BCUT2D eigenvalue weighted by atomic mass is 79.9. The van der Waals surface area contributed by atoms with Gasteiger partial charge in [-0.1, -0.05) is 30.8 Å². The van der Waals surface area contributed by atoms with E-state index in [4.69, 9.17) is 0 Å². The fourth-order valence-electron chi connectivity index (χ4n) is 1.24. The summed E-state index contributed by atoms with van der Waals surface area (Å²) in [5.74, 6) is 1.34. The summed E-state index contributed by atoms with van der Waals surface area (Å²) in [7, 11) is 0. The zero-order valence-electron chi connectivity index (χ0n) is 9.11. The second-order valence-electron chi connectivity index (χ2n) is 3.33. The molecule has 0 aliphatic rings. The second-order valence-corrected chi connectivity index (χ2v) is 6.10. The van der Waals surface area contributed by atoms with Gasteiger partial charge in [0.05, 0.1) is 4.47 Å². The molecule has 0 aliphatic heterocycles. The maximum absolute atomic E-state index is 13.3. The molecule has 0 fully saturated rings. The van der Waals surface area contributed by atoms with Crippen LogP contribution in [-0.4, -0.2) is 9.36 Å². The molecule has 0 saturated carbocycles. The molecule has 0 aliphatic carbocycles. The van der Waals surface area contributed by atoms with Crippen molar-refractivity contribution in [2.24, 2.45) is 0 Å². The Labute approximate surface area is 116 Å². The van der Waals surface area contributed by atoms with Crippen molar-refractivity contribution in [3.8, 4) is 0 Å². The van der Waals surface area contributed by atoms with Gasteiger partial charge in [-0.05, 0) is 39.1 Å². The highest BCUT2D eigenvalue weighted by Gasteiger charge is 2.08. The molecular weight excluding hydrogens is 323 g/mol. The van der Waals surface area contributed by atoms with E-state index in [0.717, 1.165) is 22.1 Å². The van der Waals surface area contributed by atoms with Gasteiger partial charge in [0, 0.05) is 12.2 Å². The first-order valence-corrected chi connectivity index (χ1v) is 7.64. The number of benzene rings is 1. The minimum absolute atomic E-state index is 0.227. The normalized spacial score (nSPS) is 10.8. The largest absolute Gasteiger partial charge is 0.213 e. The predicted octanol–water partition coefficient (Wildman–Crippen LogP) is 4.29. The van der Waals surface area contributed by atoms with Gasteiger partial charge in [0.25, 0.3) is 0 Å². The fraction of sp³-hybridized carbons (Fsp3) is 0.273. The highest BCUT2D eigenvalue weighted by Crippen LogP contribution is 2.29. The van der Waals surface area contributed by atoms with Crippen LogP contribution in [0.3, 0.4) is 0 Å². The summed E-state index contributed by atoms with van der Waals surface area (Å²) in [6.07, 6.45) is 0.848. The number of hydrogen-bond donors (Lipinski definition) is 0. The lowest BCUT2D eigenvalue weighted by molar-refractivity contribution is 0.619. The van der Waals surface area contributed by atoms with E-state index < -0.39 is 0 Å². The van der Waals surface area contributed by atoms with Crippen LogP contribution in [0.1, 0.15) is 18.3 Å². The molecule has 0 atom stereocenters. The molecule has 0 spiro atoms. The van der Waals surface area contributed by atoms with E-state index >= 15 is 0 Å². The Balaban J connectivity index is 2.04. The Morgan fingerprint density at radius 3 is 3.00 bits per heavy atom. The fourth-order valence-corrected chi connectivity index (χ4v) is 3.52. The number of rotatable bonds is 4. The van der Waals surface area contributed by atoms with Gasteiger partial charge in [-0.25, -0.2) is 9.37 Å². The van der Waals surface area contributed by atoms with Gasteiger partial charge in [-0.15, -0.1) is 0 Å². The first-order chi connectivity index (χ1) is 8.20. The van der Waals surface area contributed by atoms with Crippen molar-refractivity contribution < 1.29 is 4.39 Å². The summed E-state index contributed by atoms with van der Waals surface area (Å²) in [5, 5.41) is 0. The molecule has 17 heavy (non-hydrogen) atoms. The molecular formula is C11H10BrFN2S2. The first kappa shape index (κ1) is 13.0. The van der Waals surface area contributed by atoms with Gasteiger partial charge in [0.1, 0.15) is 11.6 Å². The van der Waals surface area contributed by atoms with E-state index in [0.29, 0.717) is 10.2 Å². The molecule has 6 heteroatoms. The maximum atomic E-state index is 13.3. The van der Waals surface area contributed by atoms with Crippen LogP contribution in [0.15, 0.2) is 27.0 Å². The average Bonchev–Trinajstić information content (AvgIpc) is 2.79. The molecule has 1 aromatic heterocycles. The Bertz CT molecular complexity index is 516. The van der Waals surface area contributed by atoms with Crippen molar-refractivity contribution in [3.63, 3.8) is 0 Å². The quantitative estimate of drug-likeness (QED) is 0.781. The number of thioether (sulfide) groups is 1. The smallest absolute Gasteiger partial charge is 0.170 e. The molecule has 0 saturated heterocycles. The van der Waals surface area contributed by atoms with Crippen LogP contribution < -0.4 is 0 Å². The standard InChI is InChI=1S/C11H10BrFN2S2/c1-2-9-14-11(17-15-9)16-6-7-4-3-5-8(13)10(7)12/h3-5H,2,6H2,1H3. The van der Waals surface area contributed by atoms with Crippen molar-refractivity contribution in [1.29, 1.82) is 0 Å². The highest BCUT2D eigenvalue weighted by molar-refractivity contribution is 9.10. The number of aryl methyl sites for hydroxylation is 1. The van der Waals surface area contributed by atoms with Crippen molar-refractivity contribution in [3.05, 3.63) is 39.9 Å². The molecule has 0 bridgehead atoms. The second kappa shape index (κ2) is 5.93. The summed E-state index contributed by atoms with van der Waals surface area (Å²) < 4.78 is 19.0. The van der Waals surface area contributed by atoms with Gasteiger partial charge in [0.2, 0.25) is 0 Å². The molecule has 1 heterocycles. The van der Waals surface area contributed by atoms with Crippen LogP contribution in [0.4, 0.5) is 4.39 Å². The molecule has 2 nitrogen and oxygen atoms in total. The van der Waals surface area contributed by atoms with Crippen molar-refractivity contribution >= 4 is 39.2 Å². The van der Waals surface area contributed by atoms with Crippen LogP contribution in [-0.2, 0) is 12.2 Å². The molecule has 1 aromatic carbocycles. The lowest BCUT2D eigenvalue weighted by Gasteiger charge is -2.02. The Hall–Kier alpha value is -0.460. The van der Waals surface area contributed by atoms with E-state index in [1.165, 1.54) is 17.6 Å². The summed E-state index contributed by atoms with van der Waals surface area (Å²) in [6, 6.07) is 5.06. The van der Waals surface area contributed by atoms with E-state index in [1.807, 2.05) is 13.0 Å².